The molecule has 0 radical (unpaired) electrons. The van der Waals surface area contributed by atoms with E-state index in [1.54, 1.807) is 0 Å². The average molecular weight is 253 g/mol. The van der Waals surface area contributed by atoms with E-state index in [1.165, 1.54) is 38.5 Å². The maximum Gasteiger partial charge on any atom is 0.195 e. The monoisotopic (exact) mass is 253 g/mol. The number of H-pyrrole nitrogens is 1. The van der Waals surface area contributed by atoms with E-state index in [4.69, 9.17) is 12.2 Å². The summed E-state index contributed by atoms with van der Waals surface area (Å²) < 4.78 is 2.98. The molecule has 0 aromatic carbocycles. The molecule has 2 rings (SSSR count). The van der Waals surface area contributed by atoms with Crippen LogP contribution in [0.1, 0.15) is 57.7 Å². The van der Waals surface area contributed by atoms with Crippen molar-refractivity contribution >= 4 is 12.2 Å². The second-order valence-electron chi connectivity index (χ2n) is 5.14. The van der Waals surface area contributed by atoms with E-state index in [1.807, 2.05) is 0 Å². The molecule has 0 atom stereocenters. The lowest BCUT2D eigenvalue weighted by Gasteiger charge is -2.10. The molecular formula is C13H23N3S. The molecule has 96 valence electrons. The van der Waals surface area contributed by atoms with Gasteiger partial charge in [0.05, 0.1) is 0 Å². The second-order valence-corrected chi connectivity index (χ2v) is 5.53. The third kappa shape index (κ3) is 3.41. The Morgan fingerprint density at radius 3 is 2.88 bits per heavy atom. The summed E-state index contributed by atoms with van der Waals surface area (Å²) in [6.45, 7) is 3.22. The number of hydrogen-bond acceptors (Lipinski definition) is 2. The first-order valence-electron chi connectivity index (χ1n) is 6.95. The second kappa shape index (κ2) is 6.34. The normalized spacial score (nSPS) is 16.8. The van der Waals surface area contributed by atoms with Gasteiger partial charge in [0.15, 0.2) is 4.77 Å². The molecule has 0 saturated heterocycles. The van der Waals surface area contributed by atoms with E-state index < -0.39 is 0 Å². The minimum Gasteiger partial charge on any atom is -0.304 e. The lowest BCUT2D eigenvalue weighted by Crippen LogP contribution is -2.06. The van der Waals surface area contributed by atoms with Crippen molar-refractivity contribution in [3.63, 3.8) is 0 Å². The van der Waals surface area contributed by atoms with Gasteiger partial charge in [0.25, 0.3) is 0 Å². The van der Waals surface area contributed by atoms with Gasteiger partial charge >= 0.3 is 0 Å². The summed E-state index contributed by atoms with van der Waals surface area (Å²) >= 11 is 5.28. The van der Waals surface area contributed by atoms with Crippen molar-refractivity contribution in [1.82, 2.24) is 14.8 Å². The van der Waals surface area contributed by atoms with Gasteiger partial charge < -0.3 is 4.57 Å². The zero-order valence-corrected chi connectivity index (χ0v) is 11.6. The standard InChI is InChI=1S/C13H23N3S/c1-2-6-12-14-15-13(17)16(12)10-5-9-11-7-3-4-8-11/h11H,2-10H2,1H3,(H,15,17). The maximum atomic E-state index is 5.28. The summed E-state index contributed by atoms with van der Waals surface area (Å²) in [5, 5.41) is 7.22. The number of nitrogens with one attached hydrogen (secondary N) is 1. The van der Waals surface area contributed by atoms with Gasteiger partial charge in [-0.25, -0.2) is 0 Å². The van der Waals surface area contributed by atoms with Crippen LogP contribution in [-0.2, 0) is 13.0 Å². The Balaban J connectivity index is 1.84. The van der Waals surface area contributed by atoms with Gasteiger partial charge in [-0.1, -0.05) is 32.6 Å². The number of aromatic amines is 1. The molecule has 3 nitrogen and oxygen atoms in total. The molecule has 0 amide bonds. The molecule has 1 fully saturated rings. The fraction of sp³-hybridized carbons (Fsp3) is 0.846. The Labute approximate surface area is 109 Å². The van der Waals surface area contributed by atoms with Crippen LogP contribution in [0.15, 0.2) is 0 Å². The van der Waals surface area contributed by atoms with Crippen LogP contribution in [-0.4, -0.2) is 14.8 Å². The predicted octanol–water partition coefficient (Wildman–Crippen LogP) is 3.86. The zero-order valence-electron chi connectivity index (χ0n) is 10.7. The first-order chi connectivity index (χ1) is 8.31. The summed E-state index contributed by atoms with van der Waals surface area (Å²) in [6, 6.07) is 0. The molecule has 17 heavy (non-hydrogen) atoms. The third-order valence-corrected chi connectivity index (χ3v) is 4.09. The summed E-state index contributed by atoms with van der Waals surface area (Å²) in [5.41, 5.74) is 0. The van der Waals surface area contributed by atoms with Gasteiger partial charge in [-0.3, -0.25) is 5.10 Å². The molecule has 1 aliphatic rings. The Morgan fingerprint density at radius 1 is 1.41 bits per heavy atom. The molecule has 4 heteroatoms. The van der Waals surface area contributed by atoms with E-state index in [-0.39, 0.29) is 0 Å². The van der Waals surface area contributed by atoms with Crippen LogP contribution in [0.5, 0.6) is 0 Å². The molecule has 1 aromatic rings. The number of hydrogen-bond donors (Lipinski definition) is 1. The average Bonchev–Trinajstić information content (AvgIpc) is 2.93. The first kappa shape index (κ1) is 12.8. The van der Waals surface area contributed by atoms with Crippen LogP contribution in [0.25, 0.3) is 0 Å². The van der Waals surface area contributed by atoms with Crippen molar-refractivity contribution in [2.24, 2.45) is 5.92 Å². The fourth-order valence-corrected chi connectivity index (χ4v) is 3.07. The summed E-state index contributed by atoms with van der Waals surface area (Å²) in [7, 11) is 0. The van der Waals surface area contributed by atoms with Crippen LogP contribution in [0.3, 0.4) is 0 Å². The summed E-state index contributed by atoms with van der Waals surface area (Å²) in [5.74, 6) is 2.11. The van der Waals surface area contributed by atoms with Crippen molar-refractivity contribution < 1.29 is 0 Å². The maximum absolute atomic E-state index is 5.28. The number of nitrogens with zero attached hydrogens (tertiary/aromatic N) is 2. The van der Waals surface area contributed by atoms with Gasteiger partial charge in [0, 0.05) is 13.0 Å². The predicted molar refractivity (Wildman–Crippen MR) is 72.6 cm³/mol. The van der Waals surface area contributed by atoms with Crippen LogP contribution in [0.2, 0.25) is 0 Å². The highest BCUT2D eigenvalue weighted by Gasteiger charge is 2.14. The Hall–Kier alpha value is -0.640. The molecule has 0 unspecified atom stereocenters. The van der Waals surface area contributed by atoms with Gasteiger partial charge in [0.1, 0.15) is 5.82 Å². The largest absolute Gasteiger partial charge is 0.304 e. The highest BCUT2D eigenvalue weighted by atomic mass is 32.1. The number of rotatable bonds is 6. The van der Waals surface area contributed by atoms with Crippen LogP contribution < -0.4 is 0 Å². The Bertz CT molecular complexity index is 388. The van der Waals surface area contributed by atoms with Crippen LogP contribution in [0.4, 0.5) is 0 Å². The van der Waals surface area contributed by atoms with E-state index in [9.17, 15) is 0 Å². The Morgan fingerprint density at radius 2 is 2.18 bits per heavy atom. The van der Waals surface area contributed by atoms with E-state index in [0.29, 0.717) is 0 Å². The highest BCUT2D eigenvalue weighted by molar-refractivity contribution is 7.71. The highest BCUT2D eigenvalue weighted by Crippen LogP contribution is 2.28. The molecule has 0 aliphatic heterocycles. The minimum absolute atomic E-state index is 0.792. The van der Waals surface area contributed by atoms with Gasteiger partial charge in [-0.05, 0) is 37.4 Å². The van der Waals surface area contributed by atoms with Crippen LogP contribution in [0, 0.1) is 10.7 Å². The van der Waals surface area contributed by atoms with Crippen molar-refractivity contribution in [3.05, 3.63) is 10.6 Å². The molecule has 0 spiro atoms. The lowest BCUT2D eigenvalue weighted by molar-refractivity contribution is 0.453. The van der Waals surface area contributed by atoms with Crippen LogP contribution >= 0.6 is 12.2 Å². The van der Waals surface area contributed by atoms with E-state index in [0.717, 1.165) is 35.9 Å². The quantitative estimate of drug-likeness (QED) is 0.781. The minimum atomic E-state index is 0.792. The first-order valence-corrected chi connectivity index (χ1v) is 7.36. The van der Waals surface area contributed by atoms with Crippen molar-refractivity contribution in [3.8, 4) is 0 Å². The molecule has 1 aliphatic carbocycles. The van der Waals surface area contributed by atoms with Crippen molar-refractivity contribution in [2.75, 3.05) is 0 Å². The summed E-state index contributed by atoms with van der Waals surface area (Å²) in [6.07, 6.45) is 10.5. The van der Waals surface area contributed by atoms with Crippen molar-refractivity contribution in [2.45, 2.75) is 64.8 Å². The molecule has 1 aromatic heterocycles. The van der Waals surface area contributed by atoms with E-state index >= 15 is 0 Å². The SMILES string of the molecule is CCCc1n[nH]c(=S)n1CCCC1CCCC1. The van der Waals surface area contributed by atoms with Gasteiger partial charge in [0.2, 0.25) is 0 Å². The van der Waals surface area contributed by atoms with Gasteiger partial charge in [-0.15, -0.1) is 0 Å². The third-order valence-electron chi connectivity index (χ3n) is 3.78. The van der Waals surface area contributed by atoms with E-state index in [2.05, 4.69) is 21.7 Å². The molecule has 1 N–H and O–H groups in total. The molecule has 1 saturated carbocycles. The lowest BCUT2D eigenvalue weighted by atomic mass is 10.0. The van der Waals surface area contributed by atoms with Gasteiger partial charge in [-0.2, -0.15) is 5.10 Å². The Kier molecular flexibility index (Phi) is 4.77. The molecule has 1 heterocycles. The summed E-state index contributed by atoms with van der Waals surface area (Å²) in [4.78, 5) is 0. The van der Waals surface area contributed by atoms with Crippen molar-refractivity contribution in [1.29, 1.82) is 0 Å². The number of aromatic nitrogens is 3. The fourth-order valence-electron chi connectivity index (χ4n) is 2.83. The molecule has 0 bridgehead atoms. The molecular weight excluding hydrogens is 230 g/mol. The number of aryl methyl sites for hydroxylation is 1. The topological polar surface area (TPSA) is 33.6 Å². The zero-order chi connectivity index (χ0) is 12.1. The smallest absolute Gasteiger partial charge is 0.195 e.